The number of halogens is 1. The Balaban J connectivity index is 0.00000147. The van der Waals surface area contributed by atoms with Gasteiger partial charge in [-0.15, -0.1) is 23.7 Å². The van der Waals surface area contributed by atoms with E-state index in [1.165, 1.54) is 0 Å². The number of H-pyrrole nitrogens is 1. The van der Waals surface area contributed by atoms with Gasteiger partial charge in [0.1, 0.15) is 0 Å². The maximum atomic E-state index is 12.1. The lowest BCUT2D eigenvalue weighted by Crippen LogP contribution is -2.42. The number of nitrogens with one attached hydrogen (secondary N) is 3. The summed E-state index contributed by atoms with van der Waals surface area (Å²) < 4.78 is 0. The first-order valence-electron chi connectivity index (χ1n) is 6.44. The van der Waals surface area contributed by atoms with E-state index in [0.29, 0.717) is 5.69 Å². The second-order valence-corrected chi connectivity index (χ2v) is 5.59. The minimum atomic E-state index is -0.0917. The lowest BCUT2D eigenvalue weighted by molar-refractivity contribution is 0.0924. The molecular formula is C13H17ClN4OS. The molecule has 108 valence electrons. The molecule has 0 radical (unpaired) electrons. The van der Waals surface area contributed by atoms with E-state index in [9.17, 15) is 4.79 Å². The lowest BCUT2D eigenvalue weighted by atomic mass is 10.1. The Bertz CT molecular complexity index is 548. The number of aromatic nitrogens is 2. The minimum Gasteiger partial charge on any atom is -0.348 e. The number of amides is 1. The Morgan fingerprint density at radius 1 is 1.40 bits per heavy atom. The van der Waals surface area contributed by atoms with Crippen molar-refractivity contribution >= 4 is 29.7 Å². The summed E-state index contributed by atoms with van der Waals surface area (Å²) >= 11 is 1.63. The molecule has 0 aliphatic carbocycles. The van der Waals surface area contributed by atoms with Crippen LogP contribution in [0.5, 0.6) is 0 Å². The van der Waals surface area contributed by atoms with E-state index in [2.05, 4.69) is 20.8 Å². The molecule has 0 aromatic carbocycles. The standard InChI is InChI=1S/C13H16N4OS.ClH/c18-13(15-9-3-5-14-6-4-9)11-8-10(16-17-11)12-2-1-7-19-12;/h1-2,7-9,14H,3-6H2,(H,15,18)(H,16,17);1H. The average Bonchev–Trinajstić information content (AvgIpc) is 3.11. The summed E-state index contributed by atoms with van der Waals surface area (Å²) in [4.78, 5) is 13.2. The number of nitrogens with zero attached hydrogens (tertiary/aromatic N) is 1. The van der Waals surface area contributed by atoms with Gasteiger partial charge in [-0.2, -0.15) is 5.10 Å². The Morgan fingerprint density at radius 2 is 2.20 bits per heavy atom. The Morgan fingerprint density at radius 3 is 2.90 bits per heavy atom. The molecule has 20 heavy (non-hydrogen) atoms. The van der Waals surface area contributed by atoms with Crippen LogP contribution in [-0.2, 0) is 0 Å². The van der Waals surface area contributed by atoms with Crippen molar-refractivity contribution in [1.82, 2.24) is 20.8 Å². The molecule has 1 aliphatic rings. The molecule has 0 bridgehead atoms. The molecule has 0 atom stereocenters. The first-order chi connectivity index (χ1) is 9.33. The van der Waals surface area contributed by atoms with Crippen LogP contribution < -0.4 is 10.6 Å². The number of carbonyl (C=O) groups excluding carboxylic acids is 1. The largest absolute Gasteiger partial charge is 0.348 e. The highest BCUT2D eigenvalue weighted by Crippen LogP contribution is 2.22. The molecule has 1 fully saturated rings. The summed E-state index contributed by atoms with van der Waals surface area (Å²) in [6, 6.07) is 6.06. The first-order valence-corrected chi connectivity index (χ1v) is 7.32. The van der Waals surface area contributed by atoms with Crippen molar-refractivity contribution in [3.05, 3.63) is 29.3 Å². The van der Waals surface area contributed by atoms with Gasteiger partial charge in [-0.05, 0) is 43.4 Å². The second kappa shape index (κ2) is 6.88. The summed E-state index contributed by atoms with van der Waals surface area (Å²) in [5.41, 5.74) is 1.35. The van der Waals surface area contributed by atoms with Crippen molar-refractivity contribution in [3.8, 4) is 10.6 Å². The zero-order valence-corrected chi connectivity index (χ0v) is 12.5. The van der Waals surface area contributed by atoms with Crippen molar-refractivity contribution in [1.29, 1.82) is 0 Å². The van der Waals surface area contributed by atoms with Gasteiger partial charge < -0.3 is 10.6 Å². The van der Waals surface area contributed by atoms with E-state index >= 15 is 0 Å². The fourth-order valence-electron chi connectivity index (χ4n) is 2.22. The molecule has 2 aromatic heterocycles. The van der Waals surface area contributed by atoms with Gasteiger partial charge in [0.15, 0.2) is 5.69 Å². The van der Waals surface area contributed by atoms with Gasteiger partial charge in [-0.25, -0.2) is 0 Å². The van der Waals surface area contributed by atoms with Crippen molar-refractivity contribution < 1.29 is 4.79 Å². The van der Waals surface area contributed by atoms with E-state index < -0.39 is 0 Å². The SMILES string of the molecule is Cl.O=C(NC1CCNCC1)c1cc(-c2cccs2)[nH]n1. The molecule has 3 rings (SSSR count). The molecule has 1 amide bonds. The highest BCUT2D eigenvalue weighted by molar-refractivity contribution is 7.13. The van der Waals surface area contributed by atoms with Crippen LogP contribution >= 0.6 is 23.7 Å². The molecule has 1 aliphatic heterocycles. The Kier molecular flexibility index (Phi) is 5.17. The van der Waals surface area contributed by atoms with Crippen LogP contribution in [-0.4, -0.2) is 35.2 Å². The highest BCUT2D eigenvalue weighted by atomic mass is 35.5. The fraction of sp³-hybridized carbons (Fsp3) is 0.385. The number of piperidine rings is 1. The number of aromatic amines is 1. The predicted molar refractivity (Wildman–Crippen MR) is 82.5 cm³/mol. The van der Waals surface area contributed by atoms with Gasteiger partial charge in [0.05, 0.1) is 10.6 Å². The summed E-state index contributed by atoms with van der Waals surface area (Å²) in [6.07, 6.45) is 1.96. The van der Waals surface area contributed by atoms with E-state index in [1.807, 2.05) is 23.6 Å². The van der Waals surface area contributed by atoms with Gasteiger partial charge in [0.25, 0.3) is 5.91 Å². The number of carbonyl (C=O) groups is 1. The summed E-state index contributed by atoms with van der Waals surface area (Å²) in [7, 11) is 0. The van der Waals surface area contributed by atoms with Crippen LogP contribution in [0.1, 0.15) is 23.3 Å². The highest BCUT2D eigenvalue weighted by Gasteiger charge is 2.18. The quantitative estimate of drug-likeness (QED) is 0.812. The molecule has 5 nitrogen and oxygen atoms in total. The molecule has 3 heterocycles. The Labute approximate surface area is 127 Å². The van der Waals surface area contributed by atoms with Crippen molar-refractivity contribution in [2.45, 2.75) is 18.9 Å². The maximum Gasteiger partial charge on any atom is 0.272 e. The molecule has 2 aromatic rings. The summed E-state index contributed by atoms with van der Waals surface area (Å²) in [5.74, 6) is -0.0917. The topological polar surface area (TPSA) is 69.8 Å². The van der Waals surface area contributed by atoms with Crippen LogP contribution in [0.15, 0.2) is 23.6 Å². The zero-order valence-electron chi connectivity index (χ0n) is 10.9. The molecule has 7 heteroatoms. The molecule has 1 saturated heterocycles. The number of hydrogen-bond donors (Lipinski definition) is 3. The molecule has 0 unspecified atom stereocenters. The predicted octanol–water partition coefficient (Wildman–Crippen LogP) is 2.04. The van der Waals surface area contributed by atoms with Gasteiger partial charge >= 0.3 is 0 Å². The van der Waals surface area contributed by atoms with Crippen molar-refractivity contribution in [2.24, 2.45) is 0 Å². The number of hydrogen-bond acceptors (Lipinski definition) is 4. The van der Waals surface area contributed by atoms with Crippen molar-refractivity contribution in [2.75, 3.05) is 13.1 Å². The van der Waals surface area contributed by atoms with Crippen LogP contribution in [0.4, 0.5) is 0 Å². The van der Waals surface area contributed by atoms with Crippen molar-refractivity contribution in [3.63, 3.8) is 0 Å². The molecule has 0 saturated carbocycles. The van der Waals surface area contributed by atoms with Crippen LogP contribution in [0.3, 0.4) is 0 Å². The van der Waals surface area contributed by atoms with Crippen LogP contribution in [0, 0.1) is 0 Å². The third-order valence-electron chi connectivity index (χ3n) is 3.27. The van der Waals surface area contributed by atoms with Gasteiger partial charge in [-0.1, -0.05) is 6.07 Å². The average molecular weight is 313 g/mol. The van der Waals surface area contributed by atoms with E-state index in [4.69, 9.17) is 0 Å². The van der Waals surface area contributed by atoms with Gasteiger partial charge in [0, 0.05) is 6.04 Å². The van der Waals surface area contributed by atoms with E-state index in [-0.39, 0.29) is 24.4 Å². The van der Waals surface area contributed by atoms with Gasteiger partial charge in [0.2, 0.25) is 0 Å². The normalized spacial score (nSPS) is 15.6. The Hall–Kier alpha value is -1.37. The monoisotopic (exact) mass is 312 g/mol. The third kappa shape index (κ3) is 3.39. The molecule has 3 N–H and O–H groups in total. The number of thiophene rings is 1. The van der Waals surface area contributed by atoms with Crippen LogP contribution in [0.25, 0.3) is 10.6 Å². The second-order valence-electron chi connectivity index (χ2n) is 4.64. The zero-order chi connectivity index (χ0) is 13.1. The summed E-state index contributed by atoms with van der Waals surface area (Å²) in [6.45, 7) is 1.93. The van der Waals surface area contributed by atoms with E-state index in [1.54, 1.807) is 11.3 Å². The van der Waals surface area contributed by atoms with Crippen LogP contribution in [0.2, 0.25) is 0 Å². The third-order valence-corrected chi connectivity index (χ3v) is 4.17. The smallest absolute Gasteiger partial charge is 0.272 e. The number of rotatable bonds is 3. The molecular weight excluding hydrogens is 296 g/mol. The first kappa shape index (κ1) is 15.0. The fourth-order valence-corrected chi connectivity index (χ4v) is 2.91. The maximum absolute atomic E-state index is 12.1. The minimum absolute atomic E-state index is 0. The summed E-state index contributed by atoms with van der Waals surface area (Å²) in [5, 5.41) is 15.3. The van der Waals surface area contributed by atoms with E-state index in [0.717, 1.165) is 36.5 Å². The van der Waals surface area contributed by atoms with Gasteiger partial charge in [-0.3, -0.25) is 9.89 Å². The molecule has 0 spiro atoms. The lowest BCUT2D eigenvalue weighted by Gasteiger charge is -2.23.